The largest absolute Gasteiger partial charge is 4.00 e. The Bertz CT molecular complexity index is 62.8. The fraction of sp³-hybridized carbons (Fsp3) is 0.222. The van der Waals surface area contributed by atoms with Gasteiger partial charge in [0.05, 0.1) is 0 Å². The quantitative estimate of drug-likeness (QED) is 0.602. The summed E-state index contributed by atoms with van der Waals surface area (Å²) in [5.41, 5.74) is 0. The molecular weight excluding hydrogens is 303 g/mol. The maximum atomic E-state index is 3.25. The van der Waals surface area contributed by atoms with Crippen LogP contribution < -0.4 is 0 Å². The molecule has 1 rings (SSSR count). The van der Waals surface area contributed by atoms with Gasteiger partial charge in [0.25, 0.3) is 0 Å². The molecule has 0 aliphatic heterocycles. The zero-order chi connectivity index (χ0) is 5.54. The van der Waals surface area contributed by atoms with Crippen LogP contribution in [0.5, 0.6) is 0 Å². The minimum absolute atomic E-state index is 0. The van der Waals surface area contributed by atoms with Crippen molar-refractivity contribution in [2.45, 2.75) is 13.3 Å². The van der Waals surface area contributed by atoms with E-state index in [1.165, 1.54) is 0 Å². The molecule has 1 heteroatoms. The van der Waals surface area contributed by atoms with Crippen LogP contribution in [0.2, 0.25) is 0 Å². The Morgan fingerprint density at radius 2 is 1.80 bits per heavy atom. The average Bonchev–Trinajstić information content (AvgIpc) is 2.23. The van der Waals surface area contributed by atoms with Gasteiger partial charge in [-0.25, -0.2) is 12.2 Å². The van der Waals surface area contributed by atoms with Crippen molar-refractivity contribution in [3.05, 3.63) is 46.1 Å². The standard InChI is InChI=1S/C5H5.C2H5.2CH3.Pt/c1-2-4-5-3-1;1-2;;;/h1-3H,4H2;1H2,2H3;2*1H3;/q4*-1;+4. The van der Waals surface area contributed by atoms with Crippen LogP contribution in [-0.2, 0) is 21.1 Å². The van der Waals surface area contributed by atoms with E-state index in [9.17, 15) is 0 Å². The predicted molar refractivity (Wildman–Crippen MR) is 45.4 cm³/mol. The summed E-state index contributed by atoms with van der Waals surface area (Å²) in [5, 5.41) is 0. The first-order valence-corrected chi connectivity index (χ1v) is 2.42. The number of allylic oxidation sites excluding steroid dienone is 4. The molecule has 10 heavy (non-hydrogen) atoms. The van der Waals surface area contributed by atoms with Crippen molar-refractivity contribution in [1.29, 1.82) is 0 Å². The molecule has 1 aliphatic rings. The van der Waals surface area contributed by atoms with Gasteiger partial charge in [0.1, 0.15) is 0 Å². The summed E-state index contributed by atoms with van der Waals surface area (Å²) in [6.07, 6.45) is 10.0. The summed E-state index contributed by atoms with van der Waals surface area (Å²) in [6, 6.07) is 0. The van der Waals surface area contributed by atoms with Crippen LogP contribution in [-0.4, -0.2) is 0 Å². The second-order valence-electron chi connectivity index (χ2n) is 1.00. The third-order valence-electron chi connectivity index (χ3n) is 0.586. The minimum atomic E-state index is 0. The monoisotopic (exact) mass is 319 g/mol. The minimum Gasteiger partial charge on any atom is -0.358 e. The van der Waals surface area contributed by atoms with Crippen molar-refractivity contribution in [2.24, 2.45) is 0 Å². The Morgan fingerprint density at radius 3 is 1.90 bits per heavy atom. The summed E-state index contributed by atoms with van der Waals surface area (Å²) < 4.78 is 0. The van der Waals surface area contributed by atoms with E-state index in [0.29, 0.717) is 0 Å². The molecule has 62 valence electrons. The maximum Gasteiger partial charge on any atom is 4.00 e. The zero-order valence-electron chi connectivity index (χ0n) is 6.96. The van der Waals surface area contributed by atoms with Crippen LogP contribution in [0.15, 0.2) is 18.2 Å². The molecule has 0 heterocycles. The molecule has 0 bridgehead atoms. The first kappa shape index (κ1) is 22.5. The van der Waals surface area contributed by atoms with E-state index >= 15 is 0 Å². The van der Waals surface area contributed by atoms with Crippen molar-refractivity contribution in [2.75, 3.05) is 0 Å². The van der Waals surface area contributed by atoms with Crippen molar-refractivity contribution < 1.29 is 21.1 Å². The fourth-order valence-electron chi connectivity index (χ4n) is 0.340. The Morgan fingerprint density at radius 1 is 1.30 bits per heavy atom. The second-order valence-corrected chi connectivity index (χ2v) is 1.00. The van der Waals surface area contributed by atoms with E-state index < -0.39 is 0 Å². The Kier molecular flexibility index (Phi) is 51.4. The van der Waals surface area contributed by atoms with E-state index in [4.69, 9.17) is 0 Å². The summed E-state index contributed by atoms with van der Waals surface area (Å²) in [7, 11) is 0. The molecule has 0 radical (unpaired) electrons. The Balaban J connectivity index is -0.0000000337. The van der Waals surface area contributed by atoms with Gasteiger partial charge in [0.2, 0.25) is 0 Å². The molecule has 1 aliphatic carbocycles. The van der Waals surface area contributed by atoms with Crippen LogP contribution in [0.3, 0.4) is 0 Å². The van der Waals surface area contributed by atoms with Crippen molar-refractivity contribution >= 4 is 0 Å². The van der Waals surface area contributed by atoms with Crippen LogP contribution >= 0.6 is 0 Å². The molecule has 0 atom stereocenters. The van der Waals surface area contributed by atoms with E-state index in [1.54, 1.807) is 6.92 Å². The molecule has 0 nitrogen and oxygen atoms in total. The molecule has 0 amide bonds. The number of hydrogen-bond acceptors (Lipinski definition) is 0. The Labute approximate surface area is 80.7 Å². The van der Waals surface area contributed by atoms with Gasteiger partial charge in [-0.05, 0) is 0 Å². The molecular formula is C9H16Pt. The molecule has 0 aromatic heterocycles. The maximum absolute atomic E-state index is 3.25. The first-order chi connectivity index (χ1) is 3.50. The van der Waals surface area contributed by atoms with Crippen LogP contribution in [0.4, 0.5) is 0 Å². The third kappa shape index (κ3) is 15.7. The number of rotatable bonds is 0. The van der Waals surface area contributed by atoms with Gasteiger partial charge in [-0.1, -0.05) is 0 Å². The van der Waals surface area contributed by atoms with E-state index in [1.807, 2.05) is 12.2 Å². The van der Waals surface area contributed by atoms with E-state index in [2.05, 4.69) is 19.1 Å². The van der Waals surface area contributed by atoms with Gasteiger partial charge in [0, 0.05) is 0 Å². The molecule has 0 saturated carbocycles. The predicted octanol–water partition coefficient (Wildman–Crippen LogP) is 3.04. The smallest absolute Gasteiger partial charge is 0.358 e. The topological polar surface area (TPSA) is 0 Å². The summed E-state index contributed by atoms with van der Waals surface area (Å²) in [5.74, 6) is 0. The third-order valence-corrected chi connectivity index (χ3v) is 0.586. The van der Waals surface area contributed by atoms with Gasteiger partial charge in [-0.3, -0.25) is 6.08 Å². The zero-order valence-corrected chi connectivity index (χ0v) is 9.23. The van der Waals surface area contributed by atoms with E-state index in [0.717, 1.165) is 6.42 Å². The van der Waals surface area contributed by atoms with Gasteiger partial charge >= 0.3 is 21.1 Å². The molecule has 0 N–H and O–H groups in total. The molecule has 0 aromatic carbocycles. The van der Waals surface area contributed by atoms with E-state index in [-0.39, 0.29) is 35.9 Å². The van der Waals surface area contributed by atoms with Crippen molar-refractivity contribution in [1.82, 2.24) is 0 Å². The molecule has 0 saturated heterocycles. The fourth-order valence-corrected chi connectivity index (χ4v) is 0.340. The van der Waals surface area contributed by atoms with Crippen molar-refractivity contribution in [3.63, 3.8) is 0 Å². The second kappa shape index (κ2) is 22.9. The molecule has 0 spiro atoms. The first-order valence-electron chi connectivity index (χ1n) is 2.42. The van der Waals surface area contributed by atoms with Crippen LogP contribution in [0.1, 0.15) is 13.3 Å². The Hall–Kier alpha value is 0.168. The van der Waals surface area contributed by atoms with Gasteiger partial charge in [-0.2, -0.15) is 13.0 Å². The number of hydrogen-bond donors (Lipinski definition) is 0. The average molecular weight is 319 g/mol. The van der Waals surface area contributed by atoms with Gasteiger partial charge in [0.15, 0.2) is 0 Å². The van der Waals surface area contributed by atoms with Crippen LogP contribution in [0, 0.1) is 27.9 Å². The SMILES string of the molecule is [C-]1=CC=CC1.[CH2-]C.[CH3-].[CH3-].[Pt+4]. The van der Waals surface area contributed by atoms with Gasteiger partial charge in [-0.15, -0.1) is 6.42 Å². The molecule has 0 aromatic rings. The molecule has 0 unspecified atom stereocenters. The summed E-state index contributed by atoms with van der Waals surface area (Å²) in [4.78, 5) is 0. The molecule has 0 fully saturated rings. The van der Waals surface area contributed by atoms with Crippen LogP contribution in [0.25, 0.3) is 0 Å². The normalized spacial score (nSPS) is 9.40. The summed E-state index contributed by atoms with van der Waals surface area (Å²) >= 11 is 0. The summed E-state index contributed by atoms with van der Waals surface area (Å²) in [6.45, 7) is 5.00. The van der Waals surface area contributed by atoms with Crippen molar-refractivity contribution in [3.8, 4) is 0 Å². The van der Waals surface area contributed by atoms with Gasteiger partial charge < -0.3 is 21.8 Å².